The van der Waals surface area contributed by atoms with Gasteiger partial charge in [-0.1, -0.05) is 11.6 Å². The lowest BCUT2D eigenvalue weighted by molar-refractivity contribution is 0.0993. The van der Waals surface area contributed by atoms with E-state index in [1.807, 2.05) is 31.1 Å². The van der Waals surface area contributed by atoms with E-state index < -0.39 is 0 Å². The van der Waals surface area contributed by atoms with Crippen LogP contribution in [-0.4, -0.2) is 27.1 Å². The SMILES string of the molecule is CN(C)c1ccc(C(=O)N(C)c2cc(Cl)ccc2N)cc1. The fourth-order valence-corrected chi connectivity index (χ4v) is 2.18. The van der Waals surface area contributed by atoms with E-state index in [1.54, 1.807) is 37.4 Å². The van der Waals surface area contributed by atoms with Gasteiger partial charge in [0.25, 0.3) is 5.91 Å². The van der Waals surface area contributed by atoms with Gasteiger partial charge in [0.05, 0.1) is 11.4 Å². The van der Waals surface area contributed by atoms with Crippen LogP contribution in [0.2, 0.25) is 5.02 Å². The summed E-state index contributed by atoms with van der Waals surface area (Å²) in [5.74, 6) is -0.130. The van der Waals surface area contributed by atoms with Crippen molar-refractivity contribution in [2.75, 3.05) is 36.7 Å². The van der Waals surface area contributed by atoms with Crippen molar-refractivity contribution < 1.29 is 4.79 Å². The molecular formula is C16H18ClN3O. The first-order valence-corrected chi connectivity index (χ1v) is 6.88. The lowest BCUT2D eigenvalue weighted by atomic mass is 10.1. The number of amides is 1. The molecule has 0 atom stereocenters. The summed E-state index contributed by atoms with van der Waals surface area (Å²) in [4.78, 5) is 16.0. The monoisotopic (exact) mass is 303 g/mol. The van der Waals surface area contributed by atoms with Crippen LogP contribution >= 0.6 is 11.6 Å². The third-order valence-corrected chi connectivity index (χ3v) is 3.52. The van der Waals surface area contributed by atoms with Gasteiger partial charge in [-0.3, -0.25) is 4.79 Å². The zero-order valence-corrected chi connectivity index (χ0v) is 13.1. The predicted molar refractivity (Wildman–Crippen MR) is 89.4 cm³/mol. The highest BCUT2D eigenvalue weighted by Crippen LogP contribution is 2.27. The molecule has 4 nitrogen and oxygen atoms in total. The molecule has 0 saturated heterocycles. The Bertz CT molecular complexity index is 653. The summed E-state index contributed by atoms with van der Waals surface area (Å²) in [6.45, 7) is 0. The van der Waals surface area contributed by atoms with Crippen molar-refractivity contribution in [3.8, 4) is 0 Å². The van der Waals surface area contributed by atoms with Gasteiger partial charge >= 0.3 is 0 Å². The summed E-state index contributed by atoms with van der Waals surface area (Å²) in [5, 5.41) is 0.543. The summed E-state index contributed by atoms with van der Waals surface area (Å²) >= 11 is 5.97. The van der Waals surface area contributed by atoms with Gasteiger partial charge < -0.3 is 15.5 Å². The number of rotatable bonds is 3. The summed E-state index contributed by atoms with van der Waals surface area (Å²) < 4.78 is 0. The van der Waals surface area contributed by atoms with Crippen molar-refractivity contribution in [2.24, 2.45) is 0 Å². The van der Waals surface area contributed by atoms with Crippen LogP contribution in [0, 0.1) is 0 Å². The van der Waals surface area contributed by atoms with Crippen molar-refractivity contribution in [2.45, 2.75) is 0 Å². The van der Waals surface area contributed by atoms with Gasteiger partial charge in [0.2, 0.25) is 0 Å². The molecule has 21 heavy (non-hydrogen) atoms. The molecule has 0 aliphatic carbocycles. The molecule has 0 aliphatic heterocycles. The van der Waals surface area contributed by atoms with E-state index in [-0.39, 0.29) is 5.91 Å². The predicted octanol–water partition coefficient (Wildman–Crippen LogP) is 3.26. The van der Waals surface area contributed by atoms with Crippen molar-refractivity contribution in [1.82, 2.24) is 0 Å². The molecule has 2 aromatic rings. The average molecular weight is 304 g/mol. The summed E-state index contributed by atoms with van der Waals surface area (Å²) in [5.41, 5.74) is 8.66. The molecule has 0 radical (unpaired) electrons. The smallest absolute Gasteiger partial charge is 0.258 e. The molecule has 2 rings (SSSR count). The lowest BCUT2D eigenvalue weighted by Gasteiger charge is -2.20. The van der Waals surface area contributed by atoms with Gasteiger partial charge in [-0.2, -0.15) is 0 Å². The van der Waals surface area contributed by atoms with Crippen molar-refractivity contribution in [1.29, 1.82) is 0 Å². The molecule has 0 unspecified atom stereocenters. The Morgan fingerprint density at radius 2 is 1.67 bits per heavy atom. The largest absolute Gasteiger partial charge is 0.397 e. The first kappa shape index (κ1) is 15.2. The van der Waals surface area contributed by atoms with Gasteiger partial charge in [-0.05, 0) is 42.5 Å². The van der Waals surface area contributed by atoms with Crippen molar-refractivity contribution in [3.05, 3.63) is 53.1 Å². The number of nitrogens with zero attached hydrogens (tertiary/aromatic N) is 2. The molecule has 110 valence electrons. The topological polar surface area (TPSA) is 49.6 Å². The van der Waals surface area contributed by atoms with Crippen molar-refractivity contribution >= 4 is 34.6 Å². The third kappa shape index (κ3) is 3.28. The maximum absolute atomic E-state index is 12.5. The zero-order chi connectivity index (χ0) is 15.6. The Labute approximate surface area is 129 Å². The zero-order valence-electron chi connectivity index (χ0n) is 12.3. The molecule has 0 saturated carbocycles. The minimum atomic E-state index is -0.130. The molecular weight excluding hydrogens is 286 g/mol. The van der Waals surface area contributed by atoms with Crippen LogP contribution in [0.15, 0.2) is 42.5 Å². The van der Waals surface area contributed by atoms with Crippen LogP contribution in [0.4, 0.5) is 17.1 Å². The van der Waals surface area contributed by atoms with E-state index in [1.165, 1.54) is 4.90 Å². The Kier molecular flexibility index (Phi) is 4.38. The number of halogens is 1. The number of carbonyl (C=O) groups is 1. The number of anilines is 3. The third-order valence-electron chi connectivity index (χ3n) is 3.29. The average Bonchev–Trinajstić information content (AvgIpc) is 2.48. The van der Waals surface area contributed by atoms with E-state index in [4.69, 9.17) is 17.3 Å². The second-order valence-electron chi connectivity index (χ2n) is 5.01. The van der Waals surface area contributed by atoms with Gasteiger partial charge in [0.1, 0.15) is 0 Å². The number of nitrogens with two attached hydrogens (primary N) is 1. The quantitative estimate of drug-likeness (QED) is 0.885. The van der Waals surface area contributed by atoms with E-state index in [2.05, 4.69) is 0 Å². The molecule has 0 aliphatic rings. The lowest BCUT2D eigenvalue weighted by Crippen LogP contribution is -2.27. The highest BCUT2D eigenvalue weighted by molar-refractivity contribution is 6.31. The summed E-state index contributed by atoms with van der Waals surface area (Å²) in [6, 6.07) is 12.5. The highest BCUT2D eigenvalue weighted by Gasteiger charge is 2.16. The number of hydrogen-bond donors (Lipinski definition) is 1. The Morgan fingerprint density at radius 1 is 1.05 bits per heavy atom. The fraction of sp³-hybridized carbons (Fsp3) is 0.188. The molecule has 5 heteroatoms. The first-order chi connectivity index (χ1) is 9.90. The molecule has 0 fully saturated rings. The minimum Gasteiger partial charge on any atom is -0.397 e. The van der Waals surface area contributed by atoms with E-state index in [0.717, 1.165) is 5.69 Å². The van der Waals surface area contributed by atoms with E-state index in [9.17, 15) is 4.79 Å². The first-order valence-electron chi connectivity index (χ1n) is 6.50. The second-order valence-corrected chi connectivity index (χ2v) is 5.45. The molecule has 2 aromatic carbocycles. The molecule has 0 bridgehead atoms. The molecule has 1 amide bonds. The fourth-order valence-electron chi connectivity index (χ4n) is 2.01. The van der Waals surface area contributed by atoms with Crippen LogP contribution in [0.3, 0.4) is 0 Å². The highest BCUT2D eigenvalue weighted by atomic mass is 35.5. The minimum absolute atomic E-state index is 0.130. The van der Waals surface area contributed by atoms with Crippen LogP contribution in [0.25, 0.3) is 0 Å². The van der Waals surface area contributed by atoms with Crippen LogP contribution in [0.5, 0.6) is 0 Å². The number of nitrogen functional groups attached to an aromatic ring is 1. The molecule has 0 aromatic heterocycles. The second kappa shape index (κ2) is 6.06. The van der Waals surface area contributed by atoms with E-state index in [0.29, 0.717) is 22.0 Å². The van der Waals surface area contributed by atoms with Crippen molar-refractivity contribution in [3.63, 3.8) is 0 Å². The number of benzene rings is 2. The van der Waals surface area contributed by atoms with Gasteiger partial charge in [0.15, 0.2) is 0 Å². The Hall–Kier alpha value is -2.20. The molecule has 0 spiro atoms. The normalized spacial score (nSPS) is 10.3. The number of carbonyl (C=O) groups excluding carboxylic acids is 1. The van der Waals surface area contributed by atoms with Gasteiger partial charge in [0, 0.05) is 37.4 Å². The van der Waals surface area contributed by atoms with Crippen LogP contribution in [0.1, 0.15) is 10.4 Å². The molecule has 2 N–H and O–H groups in total. The standard InChI is InChI=1S/C16H18ClN3O/c1-19(2)13-7-4-11(5-8-13)16(21)20(3)15-10-12(17)6-9-14(15)18/h4-10H,18H2,1-3H3. The maximum atomic E-state index is 12.5. The summed E-state index contributed by atoms with van der Waals surface area (Å²) in [7, 11) is 5.59. The van der Waals surface area contributed by atoms with Crippen LogP contribution < -0.4 is 15.5 Å². The van der Waals surface area contributed by atoms with Crippen LogP contribution in [-0.2, 0) is 0 Å². The van der Waals surface area contributed by atoms with Gasteiger partial charge in [-0.15, -0.1) is 0 Å². The summed E-state index contributed by atoms with van der Waals surface area (Å²) in [6.07, 6.45) is 0. The van der Waals surface area contributed by atoms with E-state index >= 15 is 0 Å². The molecule has 0 heterocycles. The Balaban J connectivity index is 2.28. The maximum Gasteiger partial charge on any atom is 0.258 e. The number of hydrogen-bond acceptors (Lipinski definition) is 3. The van der Waals surface area contributed by atoms with Gasteiger partial charge in [-0.25, -0.2) is 0 Å². The Morgan fingerprint density at radius 3 is 2.24 bits per heavy atom.